The highest BCUT2D eigenvalue weighted by Gasteiger charge is 2.51. The molecule has 0 aromatic rings. The molecule has 0 spiro atoms. The molecule has 13 heavy (non-hydrogen) atoms. The summed E-state index contributed by atoms with van der Waals surface area (Å²) < 4.78 is 0. The lowest BCUT2D eigenvalue weighted by Crippen LogP contribution is -1.97. The van der Waals surface area contributed by atoms with E-state index in [1.54, 1.807) is 6.92 Å². The first-order valence-corrected chi connectivity index (χ1v) is 5.81. The van der Waals surface area contributed by atoms with Crippen molar-refractivity contribution >= 4 is 5.78 Å². The van der Waals surface area contributed by atoms with Crippen molar-refractivity contribution in [2.45, 2.75) is 51.9 Å². The van der Waals surface area contributed by atoms with Crippen LogP contribution in [0.5, 0.6) is 0 Å². The van der Waals surface area contributed by atoms with Crippen molar-refractivity contribution in [2.75, 3.05) is 0 Å². The van der Waals surface area contributed by atoms with Crippen LogP contribution in [0.2, 0.25) is 0 Å². The number of hydrogen-bond donors (Lipinski definition) is 0. The van der Waals surface area contributed by atoms with Crippen molar-refractivity contribution in [3.05, 3.63) is 0 Å². The largest absolute Gasteiger partial charge is 0.300 e. The molecule has 2 rings (SSSR count). The van der Waals surface area contributed by atoms with Crippen molar-refractivity contribution in [3.63, 3.8) is 0 Å². The van der Waals surface area contributed by atoms with Gasteiger partial charge in [0.2, 0.25) is 0 Å². The quantitative estimate of drug-likeness (QED) is 0.605. The van der Waals surface area contributed by atoms with Crippen molar-refractivity contribution in [1.29, 1.82) is 0 Å². The van der Waals surface area contributed by atoms with Gasteiger partial charge in [0, 0.05) is 5.92 Å². The van der Waals surface area contributed by atoms with Crippen molar-refractivity contribution in [2.24, 2.45) is 17.8 Å². The fourth-order valence-corrected chi connectivity index (χ4v) is 3.13. The second-order valence-corrected chi connectivity index (χ2v) is 4.81. The molecule has 0 aliphatic heterocycles. The van der Waals surface area contributed by atoms with E-state index >= 15 is 0 Å². The minimum Gasteiger partial charge on any atom is -0.300 e. The number of carbonyl (C=O) groups excluding carboxylic acids is 1. The summed E-state index contributed by atoms with van der Waals surface area (Å²) in [6.07, 6.45) is 9.60. The first-order chi connectivity index (χ1) is 6.30. The fourth-order valence-electron chi connectivity index (χ4n) is 3.13. The van der Waals surface area contributed by atoms with Crippen LogP contribution in [-0.4, -0.2) is 5.78 Å². The van der Waals surface area contributed by atoms with E-state index in [0.29, 0.717) is 11.7 Å². The van der Waals surface area contributed by atoms with E-state index in [0.717, 1.165) is 11.8 Å². The molecule has 1 heteroatoms. The van der Waals surface area contributed by atoms with Gasteiger partial charge in [0.15, 0.2) is 0 Å². The van der Waals surface area contributed by atoms with Crippen LogP contribution in [0.3, 0.4) is 0 Å². The third kappa shape index (κ3) is 1.95. The Balaban J connectivity index is 1.90. The molecule has 0 saturated heterocycles. The lowest BCUT2D eigenvalue weighted by atomic mass is 10.1. The second kappa shape index (κ2) is 3.81. The molecular formula is C12H20O. The molecule has 2 aliphatic rings. The molecular weight excluding hydrogens is 160 g/mol. The van der Waals surface area contributed by atoms with Gasteiger partial charge in [-0.05, 0) is 31.6 Å². The van der Waals surface area contributed by atoms with E-state index in [4.69, 9.17) is 0 Å². The van der Waals surface area contributed by atoms with Crippen LogP contribution in [0.1, 0.15) is 51.9 Å². The Kier molecular flexibility index (Phi) is 2.71. The van der Waals surface area contributed by atoms with E-state index in [-0.39, 0.29) is 0 Å². The molecule has 0 aromatic heterocycles. The summed E-state index contributed by atoms with van der Waals surface area (Å²) in [6, 6.07) is 0. The highest BCUT2D eigenvalue weighted by Crippen LogP contribution is 2.53. The molecule has 1 unspecified atom stereocenters. The fraction of sp³-hybridized carbons (Fsp3) is 0.917. The summed E-state index contributed by atoms with van der Waals surface area (Å²) in [5, 5.41) is 0. The Labute approximate surface area is 80.9 Å². The lowest BCUT2D eigenvalue weighted by Gasteiger charge is -1.99. The molecule has 3 atom stereocenters. The number of hydrogen-bond acceptors (Lipinski definition) is 1. The Hall–Kier alpha value is -0.330. The summed E-state index contributed by atoms with van der Waals surface area (Å²) >= 11 is 0. The van der Waals surface area contributed by atoms with Gasteiger partial charge in [-0.15, -0.1) is 0 Å². The number of carbonyl (C=O) groups is 1. The van der Waals surface area contributed by atoms with Crippen molar-refractivity contribution < 1.29 is 4.79 Å². The van der Waals surface area contributed by atoms with Crippen molar-refractivity contribution in [1.82, 2.24) is 0 Å². The van der Waals surface area contributed by atoms with E-state index in [1.807, 2.05) is 0 Å². The van der Waals surface area contributed by atoms with Crippen LogP contribution in [0, 0.1) is 17.8 Å². The van der Waals surface area contributed by atoms with Gasteiger partial charge in [0.05, 0.1) is 0 Å². The Morgan fingerprint density at radius 1 is 0.923 bits per heavy atom. The molecule has 2 aliphatic carbocycles. The average molecular weight is 180 g/mol. The lowest BCUT2D eigenvalue weighted by molar-refractivity contribution is -0.118. The van der Waals surface area contributed by atoms with Gasteiger partial charge in [-0.1, -0.05) is 32.1 Å². The van der Waals surface area contributed by atoms with Crippen LogP contribution in [-0.2, 0) is 4.79 Å². The first kappa shape index (κ1) is 9.23. The maximum atomic E-state index is 11.3. The summed E-state index contributed by atoms with van der Waals surface area (Å²) in [5.74, 6) is 2.50. The summed E-state index contributed by atoms with van der Waals surface area (Å²) in [4.78, 5) is 11.3. The average Bonchev–Trinajstić information content (AvgIpc) is 2.75. The molecule has 0 bridgehead atoms. The number of Topliss-reactive ketones (excluding diaryl/α,β-unsaturated/α-hetero) is 1. The normalized spacial score (nSPS) is 39.6. The second-order valence-electron chi connectivity index (χ2n) is 4.81. The van der Waals surface area contributed by atoms with Crippen LogP contribution in [0.25, 0.3) is 0 Å². The number of ketones is 1. The van der Waals surface area contributed by atoms with Gasteiger partial charge in [0.25, 0.3) is 0 Å². The number of rotatable bonds is 1. The van der Waals surface area contributed by atoms with Crippen molar-refractivity contribution in [3.8, 4) is 0 Å². The highest BCUT2D eigenvalue weighted by molar-refractivity contribution is 5.81. The van der Waals surface area contributed by atoms with Gasteiger partial charge in [0.1, 0.15) is 5.78 Å². The van der Waals surface area contributed by atoms with Gasteiger partial charge < -0.3 is 0 Å². The van der Waals surface area contributed by atoms with Crippen LogP contribution < -0.4 is 0 Å². The smallest absolute Gasteiger partial charge is 0.133 e. The number of fused-ring (bicyclic) bond motifs is 1. The van der Waals surface area contributed by atoms with Gasteiger partial charge in [-0.3, -0.25) is 4.79 Å². The third-order valence-electron chi connectivity index (χ3n) is 3.88. The van der Waals surface area contributed by atoms with E-state index in [1.165, 1.54) is 44.9 Å². The minimum absolute atomic E-state index is 0.454. The molecule has 0 aromatic carbocycles. The maximum Gasteiger partial charge on any atom is 0.133 e. The van der Waals surface area contributed by atoms with Crippen LogP contribution in [0.15, 0.2) is 0 Å². The molecule has 0 heterocycles. The maximum absolute atomic E-state index is 11.3. The molecule has 0 radical (unpaired) electrons. The Morgan fingerprint density at radius 3 is 1.85 bits per heavy atom. The highest BCUT2D eigenvalue weighted by atomic mass is 16.1. The molecule has 2 saturated carbocycles. The predicted octanol–water partition coefficient (Wildman–Crippen LogP) is 3.18. The van der Waals surface area contributed by atoms with E-state index in [2.05, 4.69) is 0 Å². The Bertz CT molecular complexity index is 183. The van der Waals surface area contributed by atoms with Crippen LogP contribution >= 0.6 is 0 Å². The van der Waals surface area contributed by atoms with Gasteiger partial charge in [-0.2, -0.15) is 0 Å². The molecule has 74 valence electrons. The zero-order valence-corrected chi connectivity index (χ0v) is 8.59. The first-order valence-electron chi connectivity index (χ1n) is 5.81. The van der Waals surface area contributed by atoms with E-state index < -0.39 is 0 Å². The monoisotopic (exact) mass is 180 g/mol. The molecule has 1 nitrogen and oxygen atoms in total. The SMILES string of the molecule is CC(=O)C1[C@H]2CCCCCCC[C@@H]12. The zero-order valence-electron chi connectivity index (χ0n) is 8.59. The Morgan fingerprint density at radius 2 is 1.38 bits per heavy atom. The predicted molar refractivity (Wildman–Crippen MR) is 53.5 cm³/mol. The van der Waals surface area contributed by atoms with Crippen LogP contribution in [0.4, 0.5) is 0 Å². The standard InChI is InChI=1S/C12H20O/c1-9(13)12-10-7-5-3-2-4-6-8-11(10)12/h10-12H,2-8H2,1H3/t10-,11+,12?. The summed E-state index contributed by atoms with van der Waals surface area (Å²) in [5.41, 5.74) is 0. The van der Waals surface area contributed by atoms with Gasteiger partial charge >= 0.3 is 0 Å². The van der Waals surface area contributed by atoms with Gasteiger partial charge in [-0.25, -0.2) is 0 Å². The third-order valence-corrected chi connectivity index (χ3v) is 3.88. The summed E-state index contributed by atoms with van der Waals surface area (Å²) in [6.45, 7) is 1.78. The molecule has 0 N–H and O–H groups in total. The molecule has 0 amide bonds. The summed E-state index contributed by atoms with van der Waals surface area (Å²) in [7, 11) is 0. The topological polar surface area (TPSA) is 17.1 Å². The zero-order chi connectivity index (χ0) is 9.26. The van der Waals surface area contributed by atoms with E-state index in [9.17, 15) is 4.79 Å². The minimum atomic E-state index is 0.454. The molecule has 2 fully saturated rings.